The Kier molecular flexibility index (Phi) is 4.53. The summed E-state index contributed by atoms with van der Waals surface area (Å²) < 4.78 is 10.6. The summed E-state index contributed by atoms with van der Waals surface area (Å²) in [5, 5.41) is 7.21. The van der Waals surface area contributed by atoms with Crippen LogP contribution >= 0.6 is 11.6 Å². The zero-order chi connectivity index (χ0) is 15.5. The van der Waals surface area contributed by atoms with Crippen molar-refractivity contribution in [3.8, 4) is 5.75 Å². The van der Waals surface area contributed by atoms with E-state index in [0.717, 1.165) is 0 Å². The van der Waals surface area contributed by atoms with E-state index in [1.54, 1.807) is 51.1 Å². The van der Waals surface area contributed by atoms with E-state index in [0.29, 0.717) is 28.8 Å². The van der Waals surface area contributed by atoms with Gasteiger partial charge in [0.25, 0.3) is 5.91 Å². The third-order valence-electron chi connectivity index (χ3n) is 2.84. The SMILES string of the molecule is Cc1cc(CNC(=O)C(C)(C)Oc2ccc(Cl)cc2)no1. The molecule has 0 atom stereocenters. The molecule has 1 heterocycles. The molecule has 2 rings (SSSR count). The predicted octanol–water partition coefficient (Wildman–Crippen LogP) is 3.11. The molecule has 5 nitrogen and oxygen atoms in total. The average Bonchev–Trinajstić information content (AvgIpc) is 2.84. The molecule has 0 saturated heterocycles. The third kappa shape index (κ3) is 4.23. The second kappa shape index (κ2) is 6.18. The van der Waals surface area contributed by atoms with E-state index in [9.17, 15) is 4.79 Å². The molecule has 0 saturated carbocycles. The van der Waals surface area contributed by atoms with Crippen molar-refractivity contribution >= 4 is 17.5 Å². The van der Waals surface area contributed by atoms with E-state index < -0.39 is 5.60 Å². The van der Waals surface area contributed by atoms with Gasteiger partial charge in [-0.05, 0) is 45.0 Å². The van der Waals surface area contributed by atoms with Gasteiger partial charge in [-0.3, -0.25) is 4.79 Å². The fourth-order valence-electron chi connectivity index (χ4n) is 1.73. The van der Waals surface area contributed by atoms with Crippen molar-refractivity contribution in [3.63, 3.8) is 0 Å². The van der Waals surface area contributed by atoms with Crippen molar-refractivity contribution in [2.75, 3.05) is 0 Å². The van der Waals surface area contributed by atoms with E-state index in [1.165, 1.54) is 0 Å². The molecule has 2 aromatic rings. The highest BCUT2D eigenvalue weighted by molar-refractivity contribution is 6.30. The van der Waals surface area contributed by atoms with E-state index in [1.807, 2.05) is 0 Å². The number of rotatable bonds is 5. The van der Waals surface area contributed by atoms with Gasteiger partial charge in [0.05, 0.1) is 6.54 Å². The standard InChI is InChI=1S/C15H17ClN2O3/c1-10-8-12(18-21-10)9-17-14(19)15(2,3)20-13-6-4-11(16)5-7-13/h4-8H,9H2,1-3H3,(H,17,19). The van der Waals surface area contributed by atoms with E-state index in [-0.39, 0.29) is 5.91 Å². The van der Waals surface area contributed by atoms with E-state index in [4.69, 9.17) is 20.9 Å². The van der Waals surface area contributed by atoms with Crippen molar-refractivity contribution in [1.82, 2.24) is 10.5 Å². The van der Waals surface area contributed by atoms with Gasteiger partial charge in [-0.15, -0.1) is 0 Å². The third-order valence-corrected chi connectivity index (χ3v) is 3.09. The maximum Gasteiger partial charge on any atom is 0.263 e. The van der Waals surface area contributed by atoms with Crippen LogP contribution in [0.1, 0.15) is 25.3 Å². The molecule has 0 aliphatic rings. The van der Waals surface area contributed by atoms with E-state index in [2.05, 4.69) is 10.5 Å². The first kappa shape index (κ1) is 15.4. The van der Waals surface area contributed by atoms with Gasteiger partial charge >= 0.3 is 0 Å². The number of carbonyl (C=O) groups excluding carboxylic acids is 1. The maximum absolute atomic E-state index is 12.2. The van der Waals surface area contributed by atoms with Crippen LogP contribution in [0.2, 0.25) is 5.02 Å². The van der Waals surface area contributed by atoms with Crippen molar-refractivity contribution in [3.05, 3.63) is 46.8 Å². The molecule has 0 radical (unpaired) electrons. The second-order valence-corrected chi connectivity index (χ2v) is 5.61. The molecule has 0 unspecified atom stereocenters. The molecule has 6 heteroatoms. The first-order chi connectivity index (χ1) is 9.87. The van der Waals surface area contributed by atoms with Crippen LogP contribution in [0, 0.1) is 6.92 Å². The van der Waals surface area contributed by atoms with Crippen LogP contribution in [-0.4, -0.2) is 16.7 Å². The number of nitrogens with zero attached hydrogens (tertiary/aromatic N) is 1. The summed E-state index contributed by atoms with van der Waals surface area (Å²) in [6.07, 6.45) is 0. The minimum absolute atomic E-state index is 0.238. The number of hydrogen-bond acceptors (Lipinski definition) is 4. The summed E-state index contributed by atoms with van der Waals surface area (Å²) in [6, 6.07) is 8.64. The zero-order valence-corrected chi connectivity index (χ0v) is 12.9. The quantitative estimate of drug-likeness (QED) is 0.921. The molecule has 1 aromatic carbocycles. The zero-order valence-electron chi connectivity index (χ0n) is 12.1. The minimum atomic E-state index is -1.01. The minimum Gasteiger partial charge on any atom is -0.478 e. The molecule has 21 heavy (non-hydrogen) atoms. The highest BCUT2D eigenvalue weighted by atomic mass is 35.5. The molecular weight excluding hydrogens is 292 g/mol. The number of nitrogens with one attached hydrogen (secondary N) is 1. The van der Waals surface area contributed by atoms with Gasteiger partial charge in [0.15, 0.2) is 5.60 Å². The van der Waals surface area contributed by atoms with Crippen LogP contribution in [0.5, 0.6) is 5.75 Å². The number of halogens is 1. The van der Waals surface area contributed by atoms with Gasteiger partial charge in [0.1, 0.15) is 17.2 Å². The lowest BCUT2D eigenvalue weighted by Gasteiger charge is -2.25. The highest BCUT2D eigenvalue weighted by Crippen LogP contribution is 2.21. The topological polar surface area (TPSA) is 64.4 Å². The van der Waals surface area contributed by atoms with Crippen LogP contribution in [0.25, 0.3) is 0 Å². The Labute approximate surface area is 128 Å². The first-order valence-electron chi connectivity index (χ1n) is 6.52. The maximum atomic E-state index is 12.2. The summed E-state index contributed by atoms with van der Waals surface area (Å²) in [5.41, 5.74) is -0.338. The van der Waals surface area contributed by atoms with Crippen LogP contribution in [0.3, 0.4) is 0 Å². The number of ether oxygens (including phenoxy) is 1. The Morgan fingerprint density at radius 1 is 1.38 bits per heavy atom. The Hall–Kier alpha value is -2.01. The molecule has 0 aliphatic carbocycles. The van der Waals surface area contributed by atoms with Crippen molar-refractivity contribution < 1.29 is 14.1 Å². The van der Waals surface area contributed by atoms with Crippen molar-refractivity contribution in [2.24, 2.45) is 0 Å². The Bertz CT molecular complexity index is 620. The van der Waals surface area contributed by atoms with Gasteiger partial charge < -0.3 is 14.6 Å². The van der Waals surface area contributed by atoms with Crippen LogP contribution in [-0.2, 0) is 11.3 Å². The Balaban J connectivity index is 1.94. The molecule has 1 amide bonds. The lowest BCUT2D eigenvalue weighted by atomic mass is 10.1. The van der Waals surface area contributed by atoms with Gasteiger partial charge in [-0.1, -0.05) is 16.8 Å². The summed E-state index contributed by atoms with van der Waals surface area (Å²) in [5.74, 6) is 1.05. The number of aromatic nitrogens is 1. The molecule has 0 fully saturated rings. The second-order valence-electron chi connectivity index (χ2n) is 5.18. The summed E-state index contributed by atoms with van der Waals surface area (Å²) in [7, 11) is 0. The van der Waals surface area contributed by atoms with Crippen LogP contribution in [0.15, 0.2) is 34.9 Å². The largest absolute Gasteiger partial charge is 0.478 e. The number of carbonyl (C=O) groups is 1. The van der Waals surface area contributed by atoms with Gasteiger partial charge in [-0.2, -0.15) is 0 Å². The summed E-state index contributed by atoms with van der Waals surface area (Å²) in [4.78, 5) is 12.2. The number of benzene rings is 1. The van der Waals surface area contributed by atoms with Gasteiger partial charge in [0, 0.05) is 11.1 Å². The van der Waals surface area contributed by atoms with Crippen molar-refractivity contribution in [1.29, 1.82) is 0 Å². The lowest BCUT2D eigenvalue weighted by molar-refractivity contribution is -0.134. The number of hydrogen-bond donors (Lipinski definition) is 1. The lowest BCUT2D eigenvalue weighted by Crippen LogP contribution is -2.46. The molecular formula is C15H17ClN2O3. The summed E-state index contributed by atoms with van der Waals surface area (Å²) >= 11 is 5.81. The van der Waals surface area contributed by atoms with Crippen LogP contribution in [0.4, 0.5) is 0 Å². The number of amides is 1. The monoisotopic (exact) mass is 308 g/mol. The first-order valence-corrected chi connectivity index (χ1v) is 6.90. The fraction of sp³-hybridized carbons (Fsp3) is 0.333. The molecule has 112 valence electrons. The molecule has 1 N–H and O–H groups in total. The number of aryl methyl sites for hydroxylation is 1. The normalized spacial score (nSPS) is 11.2. The molecule has 1 aromatic heterocycles. The predicted molar refractivity (Wildman–Crippen MR) is 79.2 cm³/mol. The average molecular weight is 309 g/mol. The Morgan fingerprint density at radius 3 is 2.62 bits per heavy atom. The van der Waals surface area contributed by atoms with Gasteiger partial charge in [0.2, 0.25) is 0 Å². The molecule has 0 bridgehead atoms. The van der Waals surface area contributed by atoms with Gasteiger partial charge in [-0.25, -0.2) is 0 Å². The summed E-state index contributed by atoms with van der Waals surface area (Å²) in [6.45, 7) is 5.49. The fourth-order valence-corrected chi connectivity index (χ4v) is 1.85. The van der Waals surface area contributed by atoms with E-state index >= 15 is 0 Å². The smallest absolute Gasteiger partial charge is 0.263 e. The van der Waals surface area contributed by atoms with Crippen LogP contribution < -0.4 is 10.1 Å². The van der Waals surface area contributed by atoms with Crippen molar-refractivity contribution in [2.45, 2.75) is 32.9 Å². The molecule has 0 aliphatic heterocycles. The Morgan fingerprint density at radius 2 is 2.05 bits per heavy atom. The highest BCUT2D eigenvalue weighted by Gasteiger charge is 2.29. The molecule has 0 spiro atoms.